The molecule has 0 radical (unpaired) electrons. The quantitative estimate of drug-likeness (QED) is 0.843. The van der Waals surface area contributed by atoms with Gasteiger partial charge in [-0.1, -0.05) is 26.0 Å². The molecule has 1 aromatic rings. The van der Waals surface area contributed by atoms with Gasteiger partial charge in [0.25, 0.3) is 0 Å². The maximum absolute atomic E-state index is 13.4. The number of nitrogens with one attached hydrogen (secondary N) is 1. The van der Waals surface area contributed by atoms with Gasteiger partial charge in [-0.25, -0.2) is 4.39 Å². The van der Waals surface area contributed by atoms with Gasteiger partial charge in [0.2, 0.25) is 11.8 Å². The van der Waals surface area contributed by atoms with Gasteiger partial charge in [0, 0.05) is 44.7 Å². The number of hydrogen-bond donors (Lipinski definition) is 1. The fourth-order valence-electron chi connectivity index (χ4n) is 5.91. The number of hydrogen-bond acceptors (Lipinski definition) is 3. The molecule has 0 bridgehead atoms. The molecule has 1 N–H and O–H groups in total. The molecule has 3 aliphatic rings. The molecule has 1 atom stereocenters. The van der Waals surface area contributed by atoms with Crippen LogP contribution in [0.1, 0.15) is 38.7 Å². The summed E-state index contributed by atoms with van der Waals surface area (Å²) in [5.74, 6) is 0.522. The van der Waals surface area contributed by atoms with Crippen molar-refractivity contribution in [3.8, 4) is 0 Å². The third-order valence-corrected chi connectivity index (χ3v) is 7.25. The summed E-state index contributed by atoms with van der Waals surface area (Å²) in [6.07, 6.45) is 2.86. The van der Waals surface area contributed by atoms with Gasteiger partial charge in [0.05, 0.1) is 11.8 Å². The van der Waals surface area contributed by atoms with Crippen molar-refractivity contribution in [2.45, 2.75) is 39.5 Å². The van der Waals surface area contributed by atoms with Gasteiger partial charge in [-0.15, -0.1) is 0 Å². The molecule has 29 heavy (non-hydrogen) atoms. The maximum atomic E-state index is 13.4. The lowest BCUT2D eigenvalue weighted by Gasteiger charge is -2.46. The molecule has 1 aromatic carbocycles. The summed E-state index contributed by atoms with van der Waals surface area (Å²) in [6, 6.07) is 6.27. The normalized spacial score (nSPS) is 26.6. The second kappa shape index (κ2) is 7.71. The van der Waals surface area contributed by atoms with Crippen LogP contribution in [0.15, 0.2) is 24.3 Å². The highest BCUT2D eigenvalue weighted by Gasteiger charge is 2.63. The molecule has 5 nitrogen and oxygen atoms in total. The molecular formula is C23H32FN3O2. The zero-order valence-electron chi connectivity index (χ0n) is 17.5. The maximum Gasteiger partial charge on any atom is 0.228 e. The molecule has 3 fully saturated rings. The summed E-state index contributed by atoms with van der Waals surface area (Å²) >= 11 is 0. The summed E-state index contributed by atoms with van der Waals surface area (Å²) in [5.41, 5.74) is 0.364. The lowest BCUT2D eigenvalue weighted by Crippen LogP contribution is -2.53. The number of rotatable bonds is 4. The van der Waals surface area contributed by atoms with E-state index in [1.807, 2.05) is 4.90 Å². The Morgan fingerprint density at radius 3 is 2.59 bits per heavy atom. The number of nitrogens with zero attached hydrogens (tertiary/aromatic N) is 2. The SMILES string of the molecule is CC(C)CN1CC2(CCN(C(=O)Cc3cccc(F)c3)CC2)C2(CCNC2=O)C1. The van der Waals surface area contributed by atoms with E-state index in [9.17, 15) is 14.0 Å². The fraction of sp³-hybridized carbons (Fsp3) is 0.652. The molecule has 2 amide bonds. The van der Waals surface area contributed by atoms with E-state index in [0.717, 1.165) is 45.4 Å². The first-order valence-electron chi connectivity index (χ1n) is 10.9. The highest BCUT2D eigenvalue weighted by molar-refractivity contribution is 5.86. The lowest BCUT2D eigenvalue weighted by molar-refractivity contribution is -0.138. The molecular weight excluding hydrogens is 369 g/mol. The van der Waals surface area contributed by atoms with Crippen molar-refractivity contribution in [2.75, 3.05) is 39.3 Å². The van der Waals surface area contributed by atoms with Crippen LogP contribution in [0.25, 0.3) is 0 Å². The van der Waals surface area contributed by atoms with E-state index in [4.69, 9.17) is 0 Å². The zero-order chi connectivity index (χ0) is 20.6. The predicted octanol–water partition coefficient (Wildman–Crippen LogP) is 2.45. The van der Waals surface area contributed by atoms with Crippen LogP contribution in [0.3, 0.4) is 0 Å². The number of benzene rings is 1. The number of fused-ring (bicyclic) bond motifs is 1. The Morgan fingerprint density at radius 2 is 1.97 bits per heavy atom. The van der Waals surface area contributed by atoms with E-state index < -0.39 is 0 Å². The molecule has 0 aliphatic carbocycles. The van der Waals surface area contributed by atoms with Crippen LogP contribution >= 0.6 is 0 Å². The second-order valence-electron chi connectivity index (χ2n) is 9.62. The van der Waals surface area contributed by atoms with E-state index >= 15 is 0 Å². The fourth-order valence-corrected chi connectivity index (χ4v) is 5.91. The number of amides is 2. The van der Waals surface area contributed by atoms with Crippen molar-refractivity contribution in [3.63, 3.8) is 0 Å². The predicted molar refractivity (Wildman–Crippen MR) is 110 cm³/mol. The van der Waals surface area contributed by atoms with Crippen LogP contribution in [0.5, 0.6) is 0 Å². The summed E-state index contributed by atoms with van der Waals surface area (Å²) in [4.78, 5) is 30.1. The average molecular weight is 402 g/mol. The van der Waals surface area contributed by atoms with E-state index in [1.165, 1.54) is 12.1 Å². The van der Waals surface area contributed by atoms with Crippen molar-refractivity contribution >= 4 is 11.8 Å². The van der Waals surface area contributed by atoms with Gasteiger partial charge in [0.15, 0.2) is 0 Å². The number of halogens is 1. The van der Waals surface area contributed by atoms with Gasteiger partial charge < -0.3 is 15.1 Å². The Labute approximate surface area is 172 Å². The second-order valence-corrected chi connectivity index (χ2v) is 9.62. The summed E-state index contributed by atoms with van der Waals surface area (Å²) in [6.45, 7) is 9.37. The van der Waals surface area contributed by atoms with Crippen molar-refractivity contribution in [1.29, 1.82) is 0 Å². The Kier molecular flexibility index (Phi) is 5.40. The van der Waals surface area contributed by atoms with Crippen LogP contribution in [0.4, 0.5) is 4.39 Å². The highest BCUT2D eigenvalue weighted by atomic mass is 19.1. The summed E-state index contributed by atoms with van der Waals surface area (Å²) in [5, 5.41) is 3.09. The first-order valence-corrected chi connectivity index (χ1v) is 10.9. The zero-order valence-corrected chi connectivity index (χ0v) is 17.5. The van der Waals surface area contributed by atoms with Gasteiger partial charge >= 0.3 is 0 Å². The number of likely N-dealkylation sites (tertiary alicyclic amines) is 2. The molecule has 4 rings (SSSR count). The highest BCUT2D eigenvalue weighted by Crippen LogP contribution is 2.56. The Balaban J connectivity index is 1.46. The average Bonchev–Trinajstić information content (AvgIpc) is 3.16. The minimum atomic E-state index is -0.307. The molecule has 2 spiro atoms. The molecule has 3 saturated heterocycles. The molecule has 158 valence electrons. The number of carbonyl (C=O) groups is 2. The third-order valence-electron chi connectivity index (χ3n) is 7.25. The van der Waals surface area contributed by atoms with Gasteiger partial charge in [-0.05, 0) is 42.9 Å². The topological polar surface area (TPSA) is 52.6 Å². The van der Waals surface area contributed by atoms with Gasteiger partial charge in [-0.2, -0.15) is 0 Å². The van der Waals surface area contributed by atoms with Crippen molar-refractivity contribution < 1.29 is 14.0 Å². The van der Waals surface area contributed by atoms with Gasteiger partial charge in [0.1, 0.15) is 5.82 Å². The summed E-state index contributed by atoms with van der Waals surface area (Å²) < 4.78 is 13.4. The van der Waals surface area contributed by atoms with E-state index in [-0.39, 0.29) is 34.9 Å². The molecule has 0 aromatic heterocycles. The Hall–Kier alpha value is -1.95. The smallest absolute Gasteiger partial charge is 0.228 e. The molecule has 1 unspecified atom stereocenters. The Morgan fingerprint density at radius 1 is 1.21 bits per heavy atom. The molecule has 3 heterocycles. The van der Waals surface area contributed by atoms with Crippen molar-refractivity contribution in [2.24, 2.45) is 16.7 Å². The molecule has 3 aliphatic heterocycles. The van der Waals surface area contributed by atoms with Crippen molar-refractivity contribution in [1.82, 2.24) is 15.1 Å². The van der Waals surface area contributed by atoms with E-state index in [2.05, 4.69) is 24.1 Å². The van der Waals surface area contributed by atoms with Gasteiger partial charge in [-0.3, -0.25) is 9.59 Å². The first kappa shape index (κ1) is 20.3. The van der Waals surface area contributed by atoms with Crippen LogP contribution in [-0.2, 0) is 16.0 Å². The minimum Gasteiger partial charge on any atom is -0.356 e. The van der Waals surface area contributed by atoms with Crippen LogP contribution in [0, 0.1) is 22.6 Å². The summed E-state index contributed by atoms with van der Waals surface area (Å²) in [7, 11) is 0. The van der Waals surface area contributed by atoms with Crippen LogP contribution in [-0.4, -0.2) is 60.9 Å². The molecule has 0 saturated carbocycles. The van der Waals surface area contributed by atoms with E-state index in [0.29, 0.717) is 24.6 Å². The minimum absolute atomic E-state index is 0.0435. The lowest BCUT2D eigenvalue weighted by atomic mass is 9.60. The number of piperidine rings is 1. The first-order chi connectivity index (χ1) is 13.8. The molecule has 6 heteroatoms. The van der Waals surface area contributed by atoms with Crippen LogP contribution in [0.2, 0.25) is 0 Å². The largest absolute Gasteiger partial charge is 0.356 e. The number of carbonyl (C=O) groups excluding carboxylic acids is 2. The monoisotopic (exact) mass is 401 g/mol. The van der Waals surface area contributed by atoms with Crippen LogP contribution < -0.4 is 5.32 Å². The van der Waals surface area contributed by atoms with E-state index in [1.54, 1.807) is 12.1 Å². The van der Waals surface area contributed by atoms with Crippen molar-refractivity contribution in [3.05, 3.63) is 35.6 Å². The Bertz CT molecular complexity index is 788. The standard InChI is InChI=1S/C23H32FN3O2/c1-17(2)14-26-15-22(23(16-26)6-9-25-21(23)29)7-10-27(11-8-22)20(28)13-18-4-3-5-19(24)12-18/h3-5,12,17H,6-11,13-16H2,1-2H3,(H,25,29). The third kappa shape index (κ3) is 3.67.